The third-order valence-corrected chi connectivity index (χ3v) is 3.80. The Bertz CT molecular complexity index is 657. The van der Waals surface area contributed by atoms with Gasteiger partial charge in [0.15, 0.2) is 0 Å². The summed E-state index contributed by atoms with van der Waals surface area (Å²) in [6, 6.07) is 5.97. The molecular weight excluding hydrogens is 304 g/mol. The zero-order valence-electron chi connectivity index (χ0n) is 14.9. The summed E-state index contributed by atoms with van der Waals surface area (Å²) in [5, 5.41) is 2.98. The number of aromatic nitrogens is 1. The maximum absolute atomic E-state index is 12.0. The van der Waals surface area contributed by atoms with Gasteiger partial charge in [-0.3, -0.25) is 4.79 Å². The van der Waals surface area contributed by atoms with Crippen LogP contribution in [0.25, 0.3) is 0 Å². The van der Waals surface area contributed by atoms with E-state index in [0.717, 1.165) is 22.6 Å². The number of ether oxygens (including phenoxy) is 1. The van der Waals surface area contributed by atoms with E-state index in [1.807, 2.05) is 32.0 Å². The van der Waals surface area contributed by atoms with Gasteiger partial charge in [0.05, 0.1) is 6.20 Å². The van der Waals surface area contributed by atoms with E-state index < -0.39 is 0 Å². The molecule has 1 amide bonds. The minimum atomic E-state index is 0.00853. The molecule has 2 aromatic rings. The van der Waals surface area contributed by atoms with Crippen LogP contribution in [0.1, 0.15) is 55.4 Å². The van der Waals surface area contributed by atoms with Gasteiger partial charge in [0, 0.05) is 24.6 Å². The molecule has 0 fully saturated rings. The molecule has 0 spiro atoms. The molecule has 130 valence electrons. The molecule has 1 heterocycles. The second-order valence-electron chi connectivity index (χ2n) is 6.28. The molecule has 0 aliphatic carbocycles. The van der Waals surface area contributed by atoms with E-state index in [-0.39, 0.29) is 5.91 Å². The van der Waals surface area contributed by atoms with E-state index in [9.17, 15) is 4.79 Å². The summed E-state index contributed by atoms with van der Waals surface area (Å²) in [4.78, 5) is 16.2. The zero-order chi connectivity index (χ0) is 17.5. The molecule has 0 unspecified atom stereocenters. The molecule has 0 bridgehead atoms. The van der Waals surface area contributed by atoms with Crippen LogP contribution >= 0.6 is 0 Å². The highest BCUT2D eigenvalue weighted by molar-refractivity contribution is 5.92. The van der Waals surface area contributed by atoms with Gasteiger partial charge in [0.1, 0.15) is 12.4 Å². The van der Waals surface area contributed by atoms with Gasteiger partial charge in [-0.2, -0.15) is 0 Å². The number of nitrogens with one attached hydrogen (secondary N) is 1. The Morgan fingerprint density at radius 3 is 2.62 bits per heavy atom. The molecule has 0 saturated carbocycles. The molecule has 2 rings (SSSR count). The largest absolute Gasteiger partial charge is 0.443 e. The minimum absolute atomic E-state index is 0.00853. The number of anilines is 1. The van der Waals surface area contributed by atoms with Crippen LogP contribution in [0.5, 0.6) is 0 Å². The van der Waals surface area contributed by atoms with Gasteiger partial charge in [-0.15, -0.1) is 0 Å². The molecule has 1 N–H and O–H groups in total. The maximum atomic E-state index is 12.0. The first-order valence-corrected chi connectivity index (χ1v) is 8.35. The molecule has 0 aliphatic rings. The second-order valence-corrected chi connectivity index (χ2v) is 6.28. The van der Waals surface area contributed by atoms with E-state index in [2.05, 4.69) is 24.1 Å². The first-order chi connectivity index (χ1) is 11.5. The highest BCUT2D eigenvalue weighted by atomic mass is 16.5. The first-order valence-electron chi connectivity index (χ1n) is 8.35. The van der Waals surface area contributed by atoms with E-state index in [4.69, 9.17) is 9.15 Å². The molecule has 0 radical (unpaired) electrons. The van der Waals surface area contributed by atoms with Crippen LogP contribution < -0.4 is 5.32 Å². The van der Waals surface area contributed by atoms with E-state index >= 15 is 0 Å². The Morgan fingerprint density at radius 1 is 1.29 bits per heavy atom. The standard InChI is InChI=1S/C19H26N2O3/c1-13(2)16-11-20-18(24-16)12-23-10-6-9-17(22)21-19-14(3)7-5-8-15(19)4/h5,7-8,11,13H,6,9-10,12H2,1-4H3,(H,21,22). The molecule has 0 aliphatic heterocycles. The van der Waals surface area contributed by atoms with Crippen LogP contribution in [0.4, 0.5) is 5.69 Å². The molecule has 0 saturated heterocycles. The van der Waals surface area contributed by atoms with Crippen molar-refractivity contribution in [1.82, 2.24) is 4.98 Å². The lowest BCUT2D eigenvalue weighted by Gasteiger charge is -2.11. The fraction of sp³-hybridized carbons (Fsp3) is 0.474. The number of nitrogens with zero attached hydrogens (tertiary/aromatic N) is 1. The van der Waals surface area contributed by atoms with Crippen LogP contribution in [0.2, 0.25) is 0 Å². The maximum Gasteiger partial charge on any atom is 0.224 e. The van der Waals surface area contributed by atoms with Gasteiger partial charge in [-0.25, -0.2) is 4.98 Å². The number of hydrogen-bond donors (Lipinski definition) is 1. The highest BCUT2D eigenvalue weighted by Gasteiger charge is 2.09. The Hall–Kier alpha value is -2.14. The Labute approximate surface area is 143 Å². The smallest absolute Gasteiger partial charge is 0.224 e. The van der Waals surface area contributed by atoms with E-state index in [1.165, 1.54) is 0 Å². The number of benzene rings is 1. The fourth-order valence-corrected chi connectivity index (χ4v) is 2.37. The average Bonchev–Trinajstić information content (AvgIpc) is 3.00. The number of para-hydroxylation sites is 1. The summed E-state index contributed by atoms with van der Waals surface area (Å²) in [5.41, 5.74) is 3.05. The third-order valence-electron chi connectivity index (χ3n) is 3.80. The fourth-order valence-electron chi connectivity index (χ4n) is 2.37. The molecule has 1 aromatic heterocycles. The van der Waals surface area contributed by atoms with Crippen molar-refractivity contribution in [3.05, 3.63) is 47.2 Å². The summed E-state index contributed by atoms with van der Waals surface area (Å²) >= 11 is 0. The lowest BCUT2D eigenvalue weighted by atomic mass is 10.1. The lowest BCUT2D eigenvalue weighted by Crippen LogP contribution is -2.14. The molecule has 0 atom stereocenters. The quantitative estimate of drug-likeness (QED) is 0.731. The number of aryl methyl sites for hydroxylation is 2. The first kappa shape index (κ1) is 18.2. The van der Waals surface area contributed by atoms with Gasteiger partial charge in [0.2, 0.25) is 11.8 Å². The van der Waals surface area contributed by atoms with Crippen molar-refractivity contribution in [3.8, 4) is 0 Å². The number of carbonyl (C=O) groups excluding carboxylic acids is 1. The van der Waals surface area contributed by atoms with Crippen molar-refractivity contribution in [3.63, 3.8) is 0 Å². The van der Waals surface area contributed by atoms with Crippen molar-refractivity contribution in [1.29, 1.82) is 0 Å². The van der Waals surface area contributed by atoms with Crippen molar-refractivity contribution in [2.24, 2.45) is 0 Å². The summed E-state index contributed by atoms with van der Waals surface area (Å²) < 4.78 is 11.1. The lowest BCUT2D eigenvalue weighted by molar-refractivity contribution is -0.116. The van der Waals surface area contributed by atoms with Crippen LogP contribution in [0.15, 0.2) is 28.8 Å². The van der Waals surface area contributed by atoms with Crippen molar-refractivity contribution in [2.75, 3.05) is 11.9 Å². The van der Waals surface area contributed by atoms with Crippen molar-refractivity contribution >= 4 is 11.6 Å². The summed E-state index contributed by atoms with van der Waals surface area (Å²) in [6.45, 7) is 8.94. The van der Waals surface area contributed by atoms with Gasteiger partial charge >= 0.3 is 0 Å². The van der Waals surface area contributed by atoms with Gasteiger partial charge in [-0.1, -0.05) is 32.0 Å². The Morgan fingerprint density at radius 2 is 2.00 bits per heavy atom. The SMILES string of the molecule is Cc1cccc(C)c1NC(=O)CCCOCc1ncc(C(C)C)o1. The molecular formula is C19H26N2O3. The van der Waals surface area contributed by atoms with Crippen LogP contribution in [0.3, 0.4) is 0 Å². The van der Waals surface area contributed by atoms with Crippen LogP contribution in [-0.2, 0) is 16.1 Å². The van der Waals surface area contributed by atoms with Gasteiger partial charge < -0.3 is 14.5 Å². The molecule has 24 heavy (non-hydrogen) atoms. The Balaban J connectivity index is 1.67. The summed E-state index contributed by atoms with van der Waals surface area (Å²) in [7, 11) is 0. The van der Waals surface area contributed by atoms with Crippen LogP contribution in [0, 0.1) is 13.8 Å². The summed E-state index contributed by atoms with van der Waals surface area (Å²) in [6.07, 6.45) is 2.83. The summed E-state index contributed by atoms with van der Waals surface area (Å²) in [5.74, 6) is 1.77. The van der Waals surface area contributed by atoms with Gasteiger partial charge in [-0.05, 0) is 31.4 Å². The predicted molar refractivity (Wildman–Crippen MR) is 94.0 cm³/mol. The van der Waals surface area contributed by atoms with E-state index in [1.54, 1.807) is 6.20 Å². The molecule has 5 nitrogen and oxygen atoms in total. The molecule has 5 heteroatoms. The number of amides is 1. The number of carbonyl (C=O) groups is 1. The molecule has 1 aromatic carbocycles. The van der Waals surface area contributed by atoms with Gasteiger partial charge in [0.25, 0.3) is 0 Å². The predicted octanol–water partition coefficient (Wildman–Crippen LogP) is 4.35. The van der Waals surface area contributed by atoms with Crippen molar-refractivity contribution in [2.45, 2.75) is 53.1 Å². The topological polar surface area (TPSA) is 64.4 Å². The highest BCUT2D eigenvalue weighted by Crippen LogP contribution is 2.19. The Kier molecular flexibility index (Phi) is 6.55. The zero-order valence-corrected chi connectivity index (χ0v) is 14.9. The van der Waals surface area contributed by atoms with Crippen LogP contribution in [-0.4, -0.2) is 17.5 Å². The number of rotatable bonds is 8. The number of hydrogen-bond acceptors (Lipinski definition) is 4. The minimum Gasteiger partial charge on any atom is -0.443 e. The second kappa shape index (κ2) is 8.64. The van der Waals surface area contributed by atoms with E-state index in [0.29, 0.717) is 37.9 Å². The normalized spacial score (nSPS) is 11.0. The third kappa shape index (κ3) is 5.20. The van der Waals surface area contributed by atoms with Crippen molar-refractivity contribution < 1.29 is 13.9 Å². The monoisotopic (exact) mass is 330 g/mol. The average molecular weight is 330 g/mol. The number of oxazole rings is 1.